The van der Waals surface area contributed by atoms with Gasteiger partial charge >= 0.3 is 11.9 Å². The molecule has 0 radical (unpaired) electrons. The van der Waals surface area contributed by atoms with Crippen LogP contribution in [0.4, 0.5) is 30.5 Å². The molecule has 3 heterocycles. The highest BCUT2D eigenvalue weighted by molar-refractivity contribution is 6.33. The first-order valence-electron chi connectivity index (χ1n) is 6.75. The molecule has 3 aromatic rings. The third kappa shape index (κ3) is 3.39. The number of imidazole rings is 1. The summed E-state index contributed by atoms with van der Waals surface area (Å²) < 4.78 is 39.3. The molecule has 0 fully saturated rings. The molecule has 26 heavy (non-hydrogen) atoms. The monoisotopic (exact) mass is 385 g/mol. The quantitative estimate of drug-likeness (QED) is 0.541. The molecule has 0 aliphatic carbocycles. The van der Waals surface area contributed by atoms with E-state index in [9.17, 15) is 23.3 Å². The number of rotatable bonds is 4. The number of anilines is 2. The number of nitrogens with zero attached hydrogens (tertiary/aromatic N) is 6. The molecule has 3 aromatic heterocycles. The van der Waals surface area contributed by atoms with Crippen LogP contribution in [-0.2, 0) is 6.18 Å². The number of halogens is 4. The van der Waals surface area contributed by atoms with Crippen molar-refractivity contribution in [2.75, 3.05) is 5.32 Å². The summed E-state index contributed by atoms with van der Waals surface area (Å²) in [4.78, 5) is 25.7. The lowest BCUT2D eigenvalue weighted by Gasteiger charge is -2.11. The van der Waals surface area contributed by atoms with Gasteiger partial charge in [-0.3, -0.25) is 14.7 Å². The molecule has 13 heteroatoms. The van der Waals surface area contributed by atoms with E-state index in [0.29, 0.717) is 12.3 Å². The summed E-state index contributed by atoms with van der Waals surface area (Å²) in [6.45, 7) is 0. The second-order valence-corrected chi connectivity index (χ2v) is 5.21. The minimum Gasteiger partial charge on any atom is -0.318 e. The van der Waals surface area contributed by atoms with Gasteiger partial charge in [-0.2, -0.15) is 13.2 Å². The van der Waals surface area contributed by atoms with Crippen LogP contribution in [0.2, 0.25) is 5.02 Å². The molecular weight excluding hydrogens is 379 g/mol. The van der Waals surface area contributed by atoms with Gasteiger partial charge in [-0.05, 0) is 6.07 Å². The summed E-state index contributed by atoms with van der Waals surface area (Å²) in [6, 6.07) is 0.653. The zero-order valence-corrected chi connectivity index (χ0v) is 13.2. The fourth-order valence-electron chi connectivity index (χ4n) is 2.00. The number of hydrogen-bond donors (Lipinski definition) is 1. The van der Waals surface area contributed by atoms with Crippen LogP contribution >= 0.6 is 11.6 Å². The molecule has 0 saturated heterocycles. The summed E-state index contributed by atoms with van der Waals surface area (Å²) >= 11 is 5.80. The number of nitro groups is 1. The Labute approximate surface area is 147 Å². The van der Waals surface area contributed by atoms with E-state index < -0.39 is 22.4 Å². The van der Waals surface area contributed by atoms with Crippen LogP contribution in [0.3, 0.4) is 0 Å². The number of nitrogens with one attached hydrogen (secondary N) is 1. The summed E-state index contributed by atoms with van der Waals surface area (Å²) in [7, 11) is 0. The van der Waals surface area contributed by atoms with Crippen molar-refractivity contribution in [1.29, 1.82) is 0 Å². The van der Waals surface area contributed by atoms with E-state index in [2.05, 4.69) is 25.3 Å². The topological polar surface area (TPSA) is 112 Å². The first-order chi connectivity index (χ1) is 12.3. The molecule has 0 atom stereocenters. The second kappa shape index (κ2) is 6.55. The van der Waals surface area contributed by atoms with E-state index >= 15 is 0 Å². The lowest BCUT2D eigenvalue weighted by molar-refractivity contribution is -0.384. The third-order valence-electron chi connectivity index (χ3n) is 3.14. The average Bonchev–Trinajstić information content (AvgIpc) is 3.09. The minimum absolute atomic E-state index is 0.0898. The van der Waals surface area contributed by atoms with Gasteiger partial charge in [0.15, 0.2) is 5.82 Å². The standard InChI is InChI=1S/C13H7ClF3N7O2/c14-8-3-7(13(15,16)17)4-19-10(8)22-11-9(24(25)26)12(21-5-20-11)23-2-1-18-6-23/h1-6H,(H,19,20,21,22). The van der Waals surface area contributed by atoms with Crippen molar-refractivity contribution in [2.24, 2.45) is 0 Å². The van der Waals surface area contributed by atoms with Gasteiger partial charge in [0.25, 0.3) is 0 Å². The van der Waals surface area contributed by atoms with Gasteiger partial charge in [-0.25, -0.2) is 19.9 Å². The van der Waals surface area contributed by atoms with E-state index in [1.54, 1.807) is 0 Å². The lowest BCUT2D eigenvalue weighted by atomic mass is 10.2. The van der Waals surface area contributed by atoms with E-state index in [0.717, 1.165) is 6.33 Å². The number of hydrogen-bond acceptors (Lipinski definition) is 7. The highest BCUT2D eigenvalue weighted by Gasteiger charge is 2.32. The van der Waals surface area contributed by atoms with Crippen molar-refractivity contribution in [3.63, 3.8) is 0 Å². The molecule has 0 saturated carbocycles. The normalized spacial score (nSPS) is 11.4. The Morgan fingerprint density at radius 2 is 2.00 bits per heavy atom. The average molecular weight is 386 g/mol. The van der Waals surface area contributed by atoms with E-state index in [4.69, 9.17) is 11.6 Å². The van der Waals surface area contributed by atoms with Crippen molar-refractivity contribution in [3.05, 3.63) is 58.0 Å². The molecule has 9 nitrogen and oxygen atoms in total. The minimum atomic E-state index is -4.62. The van der Waals surface area contributed by atoms with Gasteiger partial charge < -0.3 is 5.32 Å². The van der Waals surface area contributed by atoms with Crippen molar-refractivity contribution >= 4 is 28.9 Å². The summed E-state index contributed by atoms with van der Waals surface area (Å²) in [6.07, 6.45) is 1.10. The van der Waals surface area contributed by atoms with Crippen LogP contribution in [0.1, 0.15) is 5.56 Å². The van der Waals surface area contributed by atoms with Gasteiger partial charge in [-0.15, -0.1) is 0 Å². The maximum atomic E-state index is 12.7. The molecule has 0 unspecified atom stereocenters. The Hall–Kier alpha value is -3.28. The Balaban J connectivity index is 2.03. The molecule has 3 rings (SSSR count). The SMILES string of the molecule is O=[N+]([O-])c1c(Nc2ncc(C(F)(F)F)cc2Cl)ncnc1-n1ccnc1. The van der Waals surface area contributed by atoms with Crippen LogP contribution in [0.25, 0.3) is 5.82 Å². The zero-order valence-electron chi connectivity index (χ0n) is 12.5. The van der Waals surface area contributed by atoms with Crippen molar-refractivity contribution < 1.29 is 18.1 Å². The summed E-state index contributed by atoms with van der Waals surface area (Å²) in [5.74, 6) is -0.603. The van der Waals surface area contributed by atoms with Crippen molar-refractivity contribution in [3.8, 4) is 5.82 Å². The Morgan fingerprint density at radius 1 is 1.23 bits per heavy atom. The highest BCUT2D eigenvalue weighted by atomic mass is 35.5. The predicted octanol–water partition coefficient (Wildman–Crippen LogP) is 3.38. The fraction of sp³-hybridized carbons (Fsp3) is 0.0769. The van der Waals surface area contributed by atoms with Crippen molar-refractivity contribution in [2.45, 2.75) is 6.18 Å². The largest absolute Gasteiger partial charge is 0.417 e. The lowest BCUT2D eigenvalue weighted by Crippen LogP contribution is -2.09. The molecule has 0 aromatic carbocycles. The fourth-order valence-corrected chi connectivity index (χ4v) is 2.21. The Kier molecular flexibility index (Phi) is 4.42. The maximum Gasteiger partial charge on any atom is 0.417 e. The molecular formula is C13H7ClF3N7O2. The first kappa shape index (κ1) is 17.5. The third-order valence-corrected chi connectivity index (χ3v) is 3.43. The van der Waals surface area contributed by atoms with Gasteiger partial charge in [0.05, 0.1) is 15.5 Å². The zero-order chi connectivity index (χ0) is 18.9. The van der Waals surface area contributed by atoms with Crippen LogP contribution < -0.4 is 5.32 Å². The van der Waals surface area contributed by atoms with Gasteiger partial charge in [0.1, 0.15) is 12.7 Å². The summed E-state index contributed by atoms with van der Waals surface area (Å²) in [5.41, 5.74) is -1.58. The van der Waals surface area contributed by atoms with Gasteiger partial charge in [-0.1, -0.05) is 11.6 Å². The van der Waals surface area contributed by atoms with Gasteiger partial charge in [0, 0.05) is 18.6 Å². The van der Waals surface area contributed by atoms with Gasteiger partial charge in [0.2, 0.25) is 11.6 Å². The van der Waals surface area contributed by atoms with E-state index in [1.807, 2.05) is 0 Å². The first-order valence-corrected chi connectivity index (χ1v) is 7.12. The molecule has 1 N–H and O–H groups in total. The molecule has 134 valence electrons. The van der Waals surface area contributed by atoms with Crippen molar-refractivity contribution in [1.82, 2.24) is 24.5 Å². The molecule has 0 aliphatic rings. The molecule has 0 aliphatic heterocycles. The second-order valence-electron chi connectivity index (χ2n) is 4.80. The molecule has 0 amide bonds. The number of pyridine rings is 1. The molecule has 0 bridgehead atoms. The molecule has 0 spiro atoms. The smallest absolute Gasteiger partial charge is 0.318 e. The van der Waals surface area contributed by atoms with Crippen LogP contribution in [-0.4, -0.2) is 29.4 Å². The highest BCUT2D eigenvalue weighted by Crippen LogP contribution is 2.35. The predicted molar refractivity (Wildman–Crippen MR) is 83.3 cm³/mol. The van der Waals surface area contributed by atoms with Crippen LogP contribution in [0, 0.1) is 10.1 Å². The van der Waals surface area contributed by atoms with E-state index in [1.165, 1.54) is 23.3 Å². The number of aromatic nitrogens is 5. The van der Waals surface area contributed by atoms with Crippen LogP contribution in [0.15, 0.2) is 37.3 Å². The Morgan fingerprint density at radius 3 is 2.58 bits per heavy atom. The Bertz CT molecular complexity index is 963. The van der Waals surface area contributed by atoms with E-state index in [-0.39, 0.29) is 22.5 Å². The number of alkyl halides is 3. The van der Waals surface area contributed by atoms with Crippen LogP contribution in [0.5, 0.6) is 0 Å². The maximum absolute atomic E-state index is 12.7. The summed E-state index contributed by atoms with van der Waals surface area (Å²) in [5, 5.41) is 13.5.